The van der Waals surface area contributed by atoms with Crippen LogP contribution in [0.15, 0.2) is 77.7 Å². The number of hydrogen-bond acceptors (Lipinski definition) is 5. The van der Waals surface area contributed by atoms with E-state index in [0.717, 1.165) is 27.6 Å². The summed E-state index contributed by atoms with van der Waals surface area (Å²) >= 11 is 0. The van der Waals surface area contributed by atoms with E-state index in [9.17, 15) is 23.3 Å². The van der Waals surface area contributed by atoms with Gasteiger partial charge in [0.1, 0.15) is 6.54 Å². The predicted octanol–water partition coefficient (Wildman–Crippen LogP) is 4.05. The molecule has 0 aliphatic carbocycles. The maximum absolute atomic E-state index is 13.4. The molecule has 3 aromatic carbocycles. The average molecular weight is 439 g/mol. The normalized spacial score (nSPS) is 11.0. The van der Waals surface area contributed by atoms with E-state index >= 15 is 0 Å². The highest BCUT2D eigenvalue weighted by molar-refractivity contribution is 7.93. The van der Waals surface area contributed by atoms with E-state index in [1.54, 1.807) is 30.3 Å². The zero-order chi connectivity index (χ0) is 22.6. The van der Waals surface area contributed by atoms with Crippen LogP contribution in [0.2, 0.25) is 0 Å². The van der Waals surface area contributed by atoms with Gasteiger partial charge in [-0.05, 0) is 55.3 Å². The molecule has 3 aromatic rings. The second-order valence-electron chi connectivity index (χ2n) is 7.00. The van der Waals surface area contributed by atoms with Crippen LogP contribution < -0.4 is 9.62 Å². The maximum atomic E-state index is 13.4. The molecule has 0 unspecified atom stereocenters. The summed E-state index contributed by atoms with van der Waals surface area (Å²) in [6, 6.07) is 18.6. The first-order valence-electron chi connectivity index (χ1n) is 9.38. The topological polar surface area (TPSA) is 110 Å². The van der Waals surface area contributed by atoms with Gasteiger partial charge in [-0.3, -0.25) is 19.2 Å². The van der Waals surface area contributed by atoms with Gasteiger partial charge in [0.15, 0.2) is 4.90 Å². The summed E-state index contributed by atoms with van der Waals surface area (Å²) in [6.45, 7) is 3.22. The molecule has 31 heavy (non-hydrogen) atoms. The summed E-state index contributed by atoms with van der Waals surface area (Å²) in [6.07, 6.45) is 0. The van der Waals surface area contributed by atoms with Crippen molar-refractivity contribution in [3.05, 3.63) is 94.0 Å². The van der Waals surface area contributed by atoms with Crippen LogP contribution in [0.25, 0.3) is 0 Å². The van der Waals surface area contributed by atoms with Crippen LogP contribution in [0.1, 0.15) is 11.1 Å². The molecule has 1 N–H and O–H groups in total. The third kappa shape index (κ3) is 5.07. The Balaban J connectivity index is 2.00. The Morgan fingerprint density at radius 2 is 1.55 bits per heavy atom. The number of nitrogens with zero attached hydrogens (tertiary/aromatic N) is 2. The van der Waals surface area contributed by atoms with Gasteiger partial charge >= 0.3 is 0 Å². The number of rotatable bonds is 7. The van der Waals surface area contributed by atoms with Crippen molar-refractivity contribution >= 4 is 33.0 Å². The number of aryl methyl sites for hydroxylation is 2. The van der Waals surface area contributed by atoms with Crippen LogP contribution in [0, 0.1) is 24.0 Å². The number of sulfonamides is 1. The van der Waals surface area contributed by atoms with Crippen LogP contribution in [0.5, 0.6) is 0 Å². The van der Waals surface area contributed by atoms with Crippen LogP contribution in [-0.2, 0) is 14.8 Å². The molecule has 0 aliphatic heterocycles. The van der Waals surface area contributed by atoms with Crippen LogP contribution in [0.4, 0.5) is 17.1 Å². The van der Waals surface area contributed by atoms with Crippen molar-refractivity contribution in [3.8, 4) is 0 Å². The van der Waals surface area contributed by atoms with E-state index in [4.69, 9.17) is 0 Å². The van der Waals surface area contributed by atoms with Crippen molar-refractivity contribution in [2.24, 2.45) is 0 Å². The minimum Gasteiger partial charge on any atom is -0.324 e. The summed E-state index contributed by atoms with van der Waals surface area (Å²) in [5.74, 6) is -0.573. The number of hydrogen-bond donors (Lipinski definition) is 1. The molecular formula is C22H21N3O5S. The van der Waals surface area contributed by atoms with Crippen LogP contribution in [0.3, 0.4) is 0 Å². The first-order valence-corrected chi connectivity index (χ1v) is 10.8. The minimum atomic E-state index is -4.40. The van der Waals surface area contributed by atoms with Gasteiger partial charge in [-0.1, -0.05) is 36.4 Å². The molecule has 0 radical (unpaired) electrons. The highest BCUT2D eigenvalue weighted by Gasteiger charge is 2.33. The van der Waals surface area contributed by atoms with Crippen molar-refractivity contribution in [1.29, 1.82) is 0 Å². The molecule has 3 rings (SSSR count). The molecule has 0 spiro atoms. The summed E-state index contributed by atoms with van der Waals surface area (Å²) in [7, 11) is -4.40. The number of nitro groups is 1. The Bertz CT molecular complexity index is 1210. The number of anilines is 2. The van der Waals surface area contributed by atoms with E-state index in [0.29, 0.717) is 5.69 Å². The fourth-order valence-electron chi connectivity index (χ4n) is 3.23. The first kappa shape index (κ1) is 22.0. The number of para-hydroxylation sites is 2. The second kappa shape index (κ2) is 8.97. The van der Waals surface area contributed by atoms with E-state index < -0.39 is 38.0 Å². The van der Waals surface area contributed by atoms with Gasteiger partial charge in [0.05, 0.1) is 10.6 Å². The molecular weight excluding hydrogens is 418 g/mol. The van der Waals surface area contributed by atoms with Crippen molar-refractivity contribution < 1.29 is 18.1 Å². The fraction of sp³-hybridized carbons (Fsp3) is 0.136. The molecule has 0 bridgehead atoms. The molecule has 0 atom stereocenters. The van der Waals surface area contributed by atoms with Gasteiger partial charge < -0.3 is 5.32 Å². The smallest absolute Gasteiger partial charge is 0.289 e. The van der Waals surface area contributed by atoms with E-state index in [1.165, 1.54) is 24.3 Å². The van der Waals surface area contributed by atoms with E-state index in [2.05, 4.69) is 5.32 Å². The SMILES string of the molecule is Cc1cc(C)cc(NC(=O)CN(c2ccccc2)S(=O)(=O)c2ccccc2[N+](=O)[O-])c1. The largest absolute Gasteiger partial charge is 0.324 e. The third-order valence-corrected chi connectivity index (χ3v) is 6.29. The fourth-order valence-corrected chi connectivity index (χ4v) is 4.81. The van der Waals surface area contributed by atoms with Gasteiger partial charge in [-0.2, -0.15) is 0 Å². The molecule has 9 heteroatoms. The summed E-state index contributed by atoms with van der Waals surface area (Å²) in [4.78, 5) is 22.9. The molecule has 160 valence electrons. The minimum absolute atomic E-state index is 0.219. The molecule has 0 aliphatic rings. The lowest BCUT2D eigenvalue weighted by molar-refractivity contribution is -0.387. The molecule has 0 heterocycles. The predicted molar refractivity (Wildman–Crippen MR) is 119 cm³/mol. The zero-order valence-electron chi connectivity index (χ0n) is 17.0. The van der Waals surface area contributed by atoms with Crippen LogP contribution >= 0.6 is 0 Å². The molecule has 0 saturated heterocycles. The van der Waals surface area contributed by atoms with Gasteiger partial charge in [-0.15, -0.1) is 0 Å². The van der Waals surface area contributed by atoms with Crippen molar-refractivity contribution in [1.82, 2.24) is 0 Å². The third-order valence-electron chi connectivity index (χ3n) is 4.47. The first-order chi connectivity index (χ1) is 14.7. The van der Waals surface area contributed by atoms with Crippen molar-refractivity contribution in [2.75, 3.05) is 16.2 Å². The van der Waals surface area contributed by atoms with Crippen LogP contribution in [-0.4, -0.2) is 25.8 Å². The lowest BCUT2D eigenvalue weighted by Crippen LogP contribution is -2.38. The Hall–Kier alpha value is -3.72. The number of amides is 1. The zero-order valence-corrected chi connectivity index (χ0v) is 17.8. The van der Waals surface area contributed by atoms with Gasteiger partial charge in [0.25, 0.3) is 15.7 Å². The molecule has 0 aromatic heterocycles. The molecule has 8 nitrogen and oxygen atoms in total. The highest BCUT2D eigenvalue weighted by Crippen LogP contribution is 2.29. The van der Waals surface area contributed by atoms with E-state index in [1.807, 2.05) is 19.9 Å². The Kier molecular flexibility index (Phi) is 6.36. The van der Waals surface area contributed by atoms with Crippen molar-refractivity contribution in [2.45, 2.75) is 18.7 Å². The monoisotopic (exact) mass is 439 g/mol. The number of nitrogens with one attached hydrogen (secondary N) is 1. The van der Waals surface area contributed by atoms with Gasteiger partial charge in [-0.25, -0.2) is 8.42 Å². The maximum Gasteiger partial charge on any atom is 0.289 e. The summed E-state index contributed by atoms with van der Waals surface area (Å²) < 4.78 is 27.7. The molecule has 0 saturated carbocycles. The molecule has 0 fully saturated rings. The van der Waals surface area contributed by atoms with Gasteiger partial charge in [0.2, 0.25) is 5.91 Å². The second-order valence-corrected chi connectivity index (χ2v) is 8.83. The summed E-state index contributed by atoms with van der Waals surface area (Å²) in [5, 5.41) is 14.1. The quantitative estimate of drug-likeness (QED) is 0.441. The van der Waals surface area contributed by atoms with E-state index in [-0.39, 0.29) is 5.69 Å². The lowest BCUT2D eigenvalue weighted by atomic mass is 10.1. The highest BCUT2D eigenvalue weighted by atomic mass is 32.2. The number of nitro benzene ring substituents is 1. The standard InChI is InChI=1S/C22H21N3O5S/c1-16-12-17(2)14-18(13-16)23-22(26)15-24(19-8-4-3-5-9-19)31(29,30)21-11-7-6-10-20(21)25(27)28/h3-14H,15H2,1-2H3,(H,23,26). The lowest BCUT2D eigenvalue weighted by Gasteiger charge is -2.24. The van der Waals surface area contributed by atoms with Gasteiger partial charge in [0, 0.05) is 11.8 Å². The summed E-state index contributed by atoms with van der Waals surface area (Å²) in [5.41, 5.74) is 2.10. The number of carbonyl (C=O) groups is 1. The Morgan fingerprint density at radius 1 is 0.968 bits per heavy atom. The Labute approximate surface area is 180 Å². The average Bonchev–Trinajstić information content (AvgIpc) is 2.71. The number of carbonyl (C=O) groups excluding carboxylic acids is 1. The molecule has 1 amide bonds. The van der Waals surface area contributed by atoms with Crippen molar-refractivity contribution in [3.63, 3.8) is 0 Å². The number of benzene rings is 3. The Morgan fingerprint density at radius 3 is 2.16 bits per heavy atom.